The lowest BCUT2D eigenvalue weighted by atomic mass is 10.0. The summed E-state index contributed by atoms with van der Waals surface area (Å²) in [5.41, 5.74) is 1.38. The molecule has 3 rings (SSSR count). The summed E-state index contributed by atoms with van der Waals surface area (Å²) in [4.78, 5) is 13.8. The number of ether oxygens (including phenoxy) is 1. The number of carbonyl (C=O) groups is 1. The molecule has 0 aromatic heterocycles. The van der Waals surface area contributed by atoms with Crippen molar-refractivity contribution in [2.75, 3.05) is 16.2 Å². The third-order valence-electron chi connectivity index (χ3n) is 4.66. The molecule has 1 aliphatic rings. The van der Waals surface area contributed by atoms with Crippen molar-refractivity contribution in [2.45, 2.75) is 51.0 Å². The van der Waals surface area contributed by atoms with Crippen LogP contribution >= 0.6 is 0 Å². The van der Waals surface area contributed by atoms with Crippen molar-refractivity contribution in [3.8, 4) is 5.75 Å². The molecule has 1 aliphatic heterocycles. The maximum absolute atomic E-state index is 13.0. The highest BCUT2D eigenvalue weighted by Gasteiger charge is 2.34. The van der Waals surface area contributed by atoms with Crippen molar-refractivity contribution in [3.63, 3.8) is 0 Å². The molecule has 0 unspecified atom stereocenters. The zero-order valence-corrected chi connectivity index (χ0v) is 17.6. The van der Waals surface area contributed by atoms with Crippen molar-refractivity contribution in [3.05, 3.63) is 48.0 Å². The van der Waals surface area contributed by atoms with Crippen molar-refractivity contribution in [1.82, 2.24) is 0 Å². The molecule has 0 aliphatic carbocycles. The zero-order valence-electron chi connectivity index (χ0n) is 16.8. The molecule has 6 nitrogen and oxygen atoms in total. The highest BCUT2D eigenvalue weighted by Crippen LogP contribution is 2.39. The lowest BCUT2D eigenvalue weighted by Crippen LogP contribution is -2.48. The van der Waals surface area contributed by atoms with E-state index in [0.717, 1.165) is 5.56 Å². The number of rotatable bonds is 4. The highest BCUT2D eigenvalue weighted by molar-refractivity contribution is 7.92. The lowest BCUT2D eigenvalue weighted by molar-refractivity contribution is -0.117. The molecule has 0 saturated heterocycles. The summed E-state index contributed by atoms with van der Waals surface area (Å²) in [6, 6.07) is 11.9. The summed E-state index contributed by atoms with van der Waals surface area (Å²) < 4.78 is 34.6. The van der Waals surface area contributed by atoms with Crippen LogP contribution in [-0.2, 0) is 14.8 Å². The predicted octanol–water partition coefficient (Wildman–Crippen LogP) is 4.13. The van der Waals surface area contributed by atoms with Crippen LogP contribution in [0.3, 0.4) is 0 Å². The maximum Gasteiger partial charge on any atom is 0.261 e. The Morgan fingerprint density at radius 1 is 1.18 bits per heavy atom. The Morgan fingerprint density at radius 3 is 2.50 bits per heavy atom. The minimum absolute atomic E-state index is 0.0827. The summed E-state index contributed by atoms with van der Waals surface area (Å²) >= 11 is 0. The molecule has 2 aromatic carbocycles. The molecule has 1 amide bonds. The van der Waals surface area contributed by atoms with Gasteiger partial charge in [-0.1, -0.05) is 32.0 Å². The SMILES string of the molecule is CC(=O)N1CC(C)(C)Oc2ccc(S(=O)(=O)Nc3ccccc3C(C)C)cc21. The fourth-order valence-corrected chi connectivity index (χ4v) is 4.44. The minimum atomic E-state index is -3.82. The standard InChI is InChI=1S/C21H26N2O4S/c1-14(2)17-8-6-7-9-18(17)22-28(25,26)16-10-11-20-19(12-16)23(15(3)24)13-21(4,5)27-20/h6-12,14,22H,13H2,1-5H3. The Balaban J connectivity index is 2.01. The summed E-state index contributed by atoms with van der Waals surface area (Å²) in [5, 5.41) is 0. The van der Waals surface area contributed by atoms with Crippen molar-refractivity contribution < 1.29 is 17.9 Å². The summed E-state index contributed by atoms with van der Waals surface area (Å²) in [6.07, 6.45) is 0. The molecule has 0 fully saturated rings. The van der Waals surface area contributed by atoms with Crippen LogP contribution in [0.15, 0.2) is 47.4 Å². The van der Waals surface area contributed by atoms with Gasteiger partial charge in [-0.2, -0.15) is 0 Å². The van der Waals surface area contributed by atoms with Gasteiger partial charge < -0.3 is 9.64 Å². The molecule has 0 atom stereocenters. The normalized spacial score (nSPS) is 15.7. The quantitative estimate of drug-likeness (QED) is 0.834. The smallest absolute Gasteiger partial charge is 0.261 e. The van der Waals surface area contributed by atoms with Gasteiger partial charge in [-0.15, -0.1) is 0 Å². The monoisotopic (exact) mass is 402 g/mol. The van der Waals surface area contributed by atoms with Crippen LogP contribution in [0.1, 0.15) is 46.1 Å². The maximum atomic E-state index is 13.0. The van der Waals surface area contributed by atoms with E-state index >= 15 is 0 Å². The molecule has 2 aromatic rings. The van der Waals surface area contributed by atoms with E-state index in [1.807, 2.05) is 39.8 Å². The molecule has 1 heterocycles. The Bertz CT molecular complexity index is 1010. The van der Waals surface area contributed by atoms with Gasteiger partial charge in [0.15, 0.2) is 0 Å². The molecule has 0 radical (unpaired) electrons. The molecule has 0 bridgehead atoms. The van der Waals surface area contributed by atoms with Crippen LogP contribution in [0, 0.1) is 0 Å². The van der Waals surface area contributed by atoms with Gasteiger partial charge in [-0.05, 0) is 49.6 Å². The van der Waals surface area contributed by atoms with Crippen molar-refractivity contribution >= 4 is 27.3 Å². The predicted molar refractivity (Wildman–Crippen MR) is 111 cm³/mol. The van der Waals surface area contributed by atoms with E-state index in [1.165, 1.54) is 19.1 Å². The zero-order chi connectivity index (χ0) is 20.7. The van der Waals surface area contributed by atoms with Crippen LogP contribution in [0.25, 0.3) is 0 Å². The second-order valence-corrected chi connectivity index (χ2v) is 9.63. The second kappa shape index (κ2) is 7.13. The molecular formula is C21H26N2O4S. The number of anilines is 2. The number of benzene rings is 2. The summed E-state index contributed by atoms with van der Waals surface area (Å²) in [7, 11) is -3.82. The highest BCUT2D eigenvalue weighted by atomic mass is 32.2. The second-order valence-electron chi connectivity index (χ2n) is 7.94. The summed E-state index contributed by atoms with van der Waals surface area (Å²) in [6.45, 7) is 9.61. The average molecular weight is 403 g/mol. The molecule has 28 heavy (non-hydrogen) atoms. The van der Waals surface area contributed by atoms with Gasteiger partial charge in [0.1, 0.15) is 11.4 Å². The lowest BCUT2D eigenvalue weighted by Gasteiger charge is -2.39. The molecule has 0 spiro atoms. The van der Waals surface area contributed by atoms with Crippen LogP contribution in [0.4, 0.5) is 11.4 Å². The van der Waals surface area contributed by atoms with Gasteiger partial charge in [0.05, 0.1) is 22.8 Å². The molecule has 1 N–H and O–H groups in total. The fraction of sp³-hybridized carbons (Fsp3) is 0.381. The number of para-hydroxylation sites is 1. The van der Waals surface area contributed by atoms with E-state index < -0.39 is 15.6 Å². The number of carbonyl (C=O) groups excluding carboxylic acids is 1. The largest absolute Gasteiger partial charge is 0.484 e. The number of hydrogen-bond acceptors (Lipinski definition) is 4. The molecule has 150 valence electrons. The van der Waals surface area contributed by atoms with Gasteiger partial charge in [0.2, 0.25) is 5.91 Å². The Hall–Kier alpha value is -2.54. The van der Waals surface area contributed by atoms with Crippen molar-refractivity contribution in [2.24, 2.45) is 0 Å². The number of hydrogen-bond donors (Lipinski definition) is 1. The first-order valence-corrected chi connectivity index (χ1v) is 10.7. The first-order chi connectivity index (χ1) is 13.0. The topological polar surface area (TPSA) is 75.7 Å². The first kappa shape index (κ1) is 20.2. The van der Waals surface area contributed by atoms with E-state index in [2.05, 4.69) is 4.72 Å². The van der Waals surface area contributed by atoms with E-state index in [1.54, 1.807) is 23.1 Å². The molecular weight excluding hydrogens is 376 g/mol. The van der Waals surface area contributed by atoms with Crippen LogP contribution < -0.4 is 14.4 Å². The number of nitrogens with one attached hydrogen (secondary N) is 1. The minimum Gasteiger partial charge on any atom is -0.484 e. The third-order valence-corrected chi connectivity index (χ3v) is 6.03. The van der Waals surface area contributed by atoms with Gasteiger partial charge in [-0.3, -0.25) is 9.52 Å². The van der Waals surface area contributed by atoms with Gasteiger partial charge in [-0.25, -0.2) is 8.42 Å². The number of fused-ring (bicyclic) bond motifs is 1. The van der Waals surface area contributed by atoms with Crippen LogP contribution in [0.2, 0.25) is 0 Å². The summed E-state index contributed by atoms with van der Waals surface area (Å²) in [5.74, 6) is 0.504. The first-order valence-electron chi connectivity index (χ1n) is 9.23. The van der Waals surface area contributed by atoms with Gasteiger partial charge in [0, 0.05) is 6.92 Å². The number of amides is 1. The van der Waals surface area contributed by atoms with E-state index in [-0.39, 0.29) is 16.7 Å². The Morgan fingerprint density at radius 2 is 1.86 bits per heavy atom. The van der Waals surface area contributed by atoms with Gasteiger partial charge >= 0.3 is 0 Å². The number of sulfonamides is 1. The van der Waals surface area contributed by atoms with Crippen LogP contribution in [-0.4, -0.2) is 26.5 Å². The molecule has 0 saturated carbocycles. The fourth-order valence-electron chi connectivity index (χ4n) is 3.34. The third kappa shape index (κ3) is 3.99. The average Bonchev–Trinajstić information content (AvgIpc) is 2.59. The van der Waals surface area contributed by atoms with E-state index in [0.29, 0.717) is 23.7 Å². The van der Waals surface area contributed by atoms with Crippen molar-refractivity contribution in [1.29, 1.82) is 0 Å². The Labute approximate surface area is 166 Å². The molecule has 7 heteroatoms. The van der Waals surface area contributed by atoms with Gasteiger partial charge in [0.25, 0.3) is 10.0 Å². The number of nitrogens with zero attached hydrogens (tertiary/aromatic N) is 1. The Kier molecular flexibility index (Phi) is 5.14. The van der Waals surface area contributed by atoms with E-state index in [9.17, 15) is 13.2 Å². The van der Waals surface area contributed by atoms with E-state index in [4.69, 9.17) is 4.74 Å². The van der Waals surface area contributed by atoms with Crippen LogP contribution in [0.5, 0.6) is 5.75 Å².